The Morgan fingerprint density at radius 3 is 2.46 bits per heavy atom. The Kier molecular flexibility index (Phi) is 4.78. The van der Waals surface area contributed by atoms with Gasteiger partial charge in [-0.2, -0.15) is 5.10 Å². The standard InChI is InChI=1S/C16H16Cl2N4O2/c1-20-14(23)6-5-12(19-20)16(24)22-9-7-21(8-10-22)13-4-2-3-11(17)15(13)18/h2-6H,7-10H2,1H3. The van der Waals surface area contributed by atoms with E-state index >= 15 is 0 Å². The predicted molar refractivity (Wildman–Crippen MR) is 94.1 cm³/mol. The molecule has 24 heavy (non-hydrogen) atoms. The monoisotopic (exact) mass is 366 g/mol. The number of anilines is 1. The van der Waals surface area contributed by atoms with Crippen molar-refractivity contribution in [2.24, 2.45) is 7.05 Å². The number of rotatable bonds is 2. The van der Waals surface area contributed by atoms with Crippen molar-refractivity contribution in [3.05, 3.63) is 56.4 Å². The second kappa shape index (κ2) is 6.83. The molecule has 1 aromatic carbocycles. The van der Waals surface area contributed by atoms with Gasteiger partial charge in [0.25, 0.3) is 11.5 Å². The van der Waals surface area contributed by atoms with Crippen LogP contribution in [0.1, 0.15) is 10.5 Å². The van der Waals surface area contributed by atoms with Gasteiger partial charge in [0, 0.05) is 39.3 Å². The average molecular weight is 367 g/mol. The van der Waals surface area contributed by atoms with E-state index in [1.165, 1.54) is 19.2 Å². The molecule has 0 atom stereocenters. The van der Waals surface area contributed by atoms with E-state index < -0.39 is 0 Å². The number of amides is 1. The van der Waals surface area contributed by atoms with E-state index in [1.807, 2.05) is 12.1 Å². The highest BCUT2D eigenvalue weighted by molar-refractivity contribution is 6.43. The molecule has 0 saturated carbocycles. The largest absolute Gasteiger partial charge is 0.367 e. The Balaban J connectivity index is 1.70. The van der Waals surface area contributed by atoms with Crippen molar-refractivity contribution in [2.75, 3.05) is 31.1 Å². The van der Waals surface area contributed by atoms with Crippen LogP contribution in [0.15, 0.2) is 35.1 Å². The molecule has 0 N–H and O–H groups in total. The number of carbonyl (C=O) groups excluding carboxylic acids is 1. The number of aryl methyl sites for hydroxylation is 1. The van der Waals surface area contributed by atoms with Gasteiger partial charge in [-0.05, 0) is 18.2 Å². The molecule has 1 amide bonds. The summed E-state index contributed by atoms with van der Waals surface area (Å²) in [4.78, 5) is 27.7. The lowest BCUT2D eigenvalue weighted by Gasteiger charge is -2.36. The minimum absolute atomic E-state index is 0.178. The third-order valence-corrected chi connectivity index (χ3v) is 4.83. The van der Waals surface area contributed by atoms with E-state index in [0.717, 1.165) is 10.4 Å². The maximum atomic E-state index is 12.5. The zero-order valence-electron chi connectivity index (χ0n) is 13.1. The Morgan fingerprint density at radius 2 is 1.79 bits per heavy atom. The number of nitrogens with zero attached hydrogens (tertiary/aromatic N) is 4. The topological polar surface area (TPSA) is 58.4 Å². The summed E-state index contributed by atoms with van der Waals surface area (Å²) >= 11 is 12.3. The fraction of sp³-hybridized carbons (Fsp3) is 0.312. The maximum Gasteiger partial charge on any atom is 0.274 e. The van der Waals surface area contributed by atoms with Gasteiger partial charge in [0.15, 0.2) is 0 Å². The molecule has 1 fully saturated rings. The van der Waals surface area contributed by atoms with Crippen molar-refractivity contribution in [3.8, 4) is 0 Å². The first-order valence-electron chi connectivity index (χ1n) is 7.50. The number of piperazine rings is 1. The van der Waals surface area contributed by atoms with Crippen LogP contribution >= 0.6 is 23.2 Å². The summed E-state index contributed by atoms with van der Waals surface area (Å²) < 4.78 is 1.16. The minimum atomic E-state index is -0.244. The Bertz CT molecular complexity index is 829. The van der Waals surface area contributed by atoms with Crippen molar-refractivity contribution >= 4 is 34.8 Å². The van der Waals surface area contributed by atoms with Crippen LogP contribution in [-0.2, 0) is 7.05 Å². The van der Waals surface area contributed by atoms with Gasteiger partial charge in [0.1, 0.15) is 5.69 Å². The molecule has 2 heterocycles. The maximum absolute atomic E-state index is 12.5. The Labute approximate surface area is 149 Å². The summed E-state index contributed by atoms with van der Waals surface area (Å²) in [5, 5.41) is 5.05. The predicted octanol–water partition coefficient (Wildman–Crippen LogP) is 2.05. The molecular formula is C16H16Cl2N4O2. The van der Waals surface area contributed by atoms with Gasteiger partial charge in [-0.15, -0.1) is 0 Å². The normalized spacial score (nSPS) is 14.8. The van der Waals surface area contributed by atoms with Gasteiger partial charge in [-0.1, -0.05) is 29.3 Å². The van der Waals surface area contributed by atoms with Gasteiger partial charge in [0.05, 0.1) is 15.7 Å². The van der Waals surface area contributed by atoms with Crippen LogP contribution < -0.4 is 10.5 Å². The summed E-state index contributed by atoms with van der Waals surface area (Å²) in [7, 11) is 1.53. The van der Waals surface area contributed by atoms with Crippen molar-refractivity contribution < 1.29 is 4.79 Å². The lowest BCUT2D eigenvalue weighted by atomic mass is 10.2. The molecule has 0 spiro atoms. The van der Waals surface area contributed by atoms with Crippen LogP contribution in [-0.4, -0.2) is 46.8 Å². The molecule has 0 radical (unpaired) electrons. The Morgan fingerprint density at radius 1 is 1.08 bits per heavy atom. The lowest BCUT2D eigenvalue weighted by Crippen LogP contribution is -2.49. The number of aromatic nitrogens is 2. The van der Waals surface area contributed by atoms with Gasteiger partial charge < -0.3 is 9.80 Å². The zero-order valence-corrected chi connectivity index (χ0v) is 14.6. The minimum Gasteiger partial charge on any atom is -0.367 e. The van der Waals surface area contributed by atoms with Crippen molar-refractivity contribution in [1.82, 2.24) is 14.7 Å². The highest BCUT2D eigenvalue weighted by atomic mass is 35.5. The van der Waals surface area contributed by atoms with Crippen molar-refractivity contribution in [3.63, 3.8) is 0 Å². The lowest BCUT2D eigenvalue weighted by molar-refractivity contribution is 0.0738. The highest BCUT2D eigenvalue weighted by Gasteiger charge is 2.24. The van der Waals surface area contributed by atoms with Gasteiger partial charge >= 0.3 is 0 Å². The van der Waals surface area contributed by atoms with E-state index in [1.54, 1.807) is 11.0 Å². The van der Waals surface area contributed by atoms with E-state index in [-0.39, 0.29) is 17.2 Å². The van der Waals surface area contributed by atoms with Crippen LogP contribution in [0.25, 0.3) is 0 Å². The summed E-state index contributed by atoms with van der Waals surface area (Å²) in [5.74, 6) is -0.178. The molecule has 1 aliphatic rings. The summed E-state index contributed by atoms with van der Waals surface area (Å²) in [6.45, 7) is 2.40. The highest BCUT2D eigenvalue weighted by Crippen LogP contribution is 2.32. The zero-order chi connectivity index (χ0) is 17.3. The smallest absolute Gasteiger partial charge is 0.274 e. The summed E-state index contributed by atoms with van der Waals surface area (Å²) in [5.41, 5.74) is 0.898. The summed E-state index contributed by atoms with van der Waals surface area (Å²) in [6, 6.07) is 8.33. The number of halogens is 2. The third kappa shape index (κ3) is 3.25. The van der Waals surface area contributed by atoms with Crippen LogP contribution in [0.2, 0.25) is 10.0 Å². The van der Waals surface area contributed by atoms with Gasteiger partial charge in [-0.25, -0.2) is 4.68 Å². The number of carbonyl (C=O) groups is 1. The molecule has 1 saturated heterocycles. The molecule has 0 unspecified atom stereocenters. The third-order valence-electron chi connectivity index (χ3n) is 4.02. The molecule has 8 heteroatoms. The van der Waals surface area contributed by atoms with Crippen molar-refractivity contribution in [1.29, 1.82) is 0 Å². The average Bonchev–Trinajstić information content (AvgIpc) is 2.59. The number of hydrogen-bond donors (Lipinski definition) is 0. The number of benzene rings is 1. The first-order valence-corrected chi connectivity index (χ1v) is 8.25. The molecule has 2 aromatic rings. The number of hydrogen-bond acceptors (Lipinski definition) is 4. The second-order valence-corrected chi connectivity index (χ2v) is 6.32. The fourth-order valence-corrected chi connectivity index (χ4v) is 3.08. The van der Waals surface area contributed by atoms with Crippen LogP contribution in [0.4, 0.5) is 5.69 Å². The molecule has 1 aliphatic heterocycles. The molecule has 0 aliphatic carbocycles. The molecular weight excluding hydrogens is 351 g/mol. The van der Waals surface area contributed by atoms with Crippen LogP contribution in [0.3, 0.4) is 0 Å². The molecule has 6 nitrogen and oxygen atoms in total. The van der Waals surface area contributed by atoms with E-state index in [0.29, 0.717) is 36.2 Å². The molecule has 126 valence electrons. The van der Waals surface area contributed by atoms with Gasteiger partial charge in [-0.3, -0.25) is 9.59 Å². The SMILES string of the molecule is Cn1nc(C(=O)N2CCN(c3cccc(Cl)c3Cl)CC2)ccc1=O. The van der Waals surface area contributed by atoms with Gasteiger partial charge in [0.2, 0.25) is 0 Å². The van der Waals surface area contributed by atoms with E-state index in [9.17, 15) is 9.59 Å². The summed E-state index contributed by atoms with van der Waals surface area (Å²) in [6.07, 6.45) is 0. The van der Waals surface area contributed by atoms with Crippen LogP contribution in [0.5, 0.6) is 0 Å². The van der Waals surface area contributed by atoms with E-state index in [2.05, 4.69) is 10.00 Å². The Hall–Kier alpha value is -2.05. The van der Waals surface area contributed by atoms with Crippen molar-refractivity contribution in [2.45, 2.75) is 0 Å². The quantitative estimate of drug-likeness (QED) is 0.815. The first-order chi connectivity index (χ1) is 11.5. The van der Waals surface area contributed by atoms with E-state index in [4.69, 9.17) is 23.2 Å². The molecule has 1 aromatic heterocycles. The second-order valence-electron chi connectivity index (χ2n) is 5.53. The fourth-order valence-electron chi connectivity index (χ4n) is 2.67. The molecule has 0 bridgehead atoms. The molecule has 3 rings (SSSR count). The van der Waals surface area contributed by atoms with Crippen LogP contribution in [0, 0.1) is 0 Å². The first kappa shape index (κ1) is 16.8.